The van der Waals surface area contributed by atoms with Crippen LogP contribution in [0.5, 0.6) is 0 Å². The zero-order valence-electron chi connectivity index (χ0n) is 20.8. The van der Waals surface area contributed by atoms with Crippen LogP contribution in [0.15, 0.2) is 79.1 Å². The van der Waals surface area contributed by atoms with Gasteiger partial charge in [-0.1, -0.05) is 35.9 Å². The molecule has 0 aliphatic heterocycles. The van der Waals surface area contributed by atoms with Gasteiger partial charge in [0.1, 0.15) is 0 Å². The number of nitrogens with zero attached hydrogens (tertiary/aromatic N) is 3. The maximum Gasteiger partial charge on any atom is 0.418 e. The molecule has 38 heavy (non-hydrogen) atoms. The fraction of sp³-hybridized carbons (Fsp3) is 0.214. The third kappa shape index (κ3) is 6.75. The number of aromatic nitrogens is 2. The second-order valence-electron chi connectivity index (χ2n) is 8.83. The van der Waals surface area contributed by atoms with E-state index in [0.717, 1.165) is 25.2 Å². The summed E-state index contributed by atoms with van der Waals surface area (Å²) in [4.78, 5) is 18.5. The summed E-state index contributed by atoms with van der Waals surface area (Å²) in [6, 6.07) is 18.2. The van der Waals surface area contributed by atoms with Crippen molar-refractivity contribution in [3.05, 3.63) is 95.3 Å². The quantitative estimate of drug-likeness (QED) is 0.236. The third-order valence-electron chi connectivity index (χ3n) is 5.88. The Morgan fingerprint density at radius 2 is 1.53 bits per heavy atom. The molecule has 0 saturated carbocycles. The minimum Gasteiger partial charge on any atom is -0.352 e. The van der Waals surface area contributed by atoms with Gasteiger partial charge in [0, 0.05) is 23.3 Å². The molecule has 1 N–H and O–H groups in total. The lowest BCUT2D eigenvalue weighted by atomic mass is 10.1. The van der Waals surface area contributed by atoms with E-state index in [2.05, 4.69) is 10.3 Å². The number of carbonyl (C=O) groups is 1. The van der Waals surface area contributed by atoms with Gasteiger partial charge in [-0.3, -0.25) is 9.78 Å². The molecule has 0 unspecified atom stereocenters. The van der Waals surface area contributed by atoms with Crippen LogP contribution in [0.3, 0.4) is 0 Å². The predicted octanol–water partition coefficient (Wildman–Crippen LogP) is 6.98. The highest BCUT2D eigenvalue weighted by Crippen LogP contribution is 2.39. The number of nitrogens with one attached hydrogen (secondary N) is 1. The fourth-order valence-corrected chi connectivity index (χ4v) is 4.19. The van der Waals surface area contributed by atoms with Gasteiger partial charge in [0.25, 0.3) is 5.91 Å². The molecule has 2 aromatic carbocycles. The van der Waals surface area contributed by atoms with E-state index in [4.69, 9.17) is 11.6 Å². The smallest absolute Gasteiger partial charge is 0.352 e. The van der Waals surface area contributed by atoms with Gasteiger partial charge in [-0.05, 0) is 80.7 Å². The van der Waals surface area contributed by atoms with Crippen LogP contribution < -0.4 is 5.32 Å². The van der Waals surface area contributed by atoms with Gasteiger partial charge in [-0.25, -0.2) is 0 Å². The molecule has 0 bridgehead atoms. The Balaban J connectivity index is 0.00000400. The van der Waals surface area contributed by atoms with Crippen molar-refractivity contribution in [1.82, 2.24) is 19.8 Å². The minimum absolute atomic E-state index is 0. The standard InChI is InChI=1S/C28H26ClF3N4O.ClH/c1-35(2)17-3-15-34-27(37)21-6-4-19(5-7-21)24-12-13-25(20-8-10-22(29)11-9-20)36(24)26-18-33-16-14-23(26)28(30,31)32;/h4-14,16,18H,3,15,17H2,1-2H3,(H,34,37);1H. The SMILES string of the molecule is CN(C)CCCNC(=O)c1ccc(-c2ccc(-c3ccc(Cl)cc3)n2-c2cnccc2C(F)(F)F)cc1.Cl. The van der Waals surface area contributed by atoms with E-state index < -0.39 is 11.7 Å². The Bertz CT molecular complexity index is 1370. The summed E-state index contributed by atoms with van der Waals surface area (Å²) >= 11 is 6.04. The summed E-state index contributed by atoms with van der Waals surface area (Å²) < 4.78 is 43.4. The Morgan fingerprint density at radius 3 is 2.08 bits per heavy atom. The fourth-order valence-electron chi connectivity index (χ4n) is 4.06. The lowest BCUT2D eigenvalue weighted by Crippen LogP contribution is -2.27. The van der Waals surface area contributed by atoms with Gasteiger partial charge >= 0.3 is 6.18 Å². The van der Waals surface area contributed by atoms with Crippen LogP contribution in [0.1, 0.15) is 22.3 Å². The normalized spacial score (nSPS) is 11.3. The highest BCUT2D eigenvalue weighted by molar-refractivity contribution is 6.30. The molecule has 1 amide bonds. The van der Waals surface area contributed by atoms with E-state index in [-0.39, 0.29) is 24.0 Å². The first-order chi connectivity index (χ1) is 17.6. The van der Waals surface area contributed by atoms with E-state index in [1.54, 1.807) is 60.7 Å². The molecule has 10 heteroatoms. The van der Waals surface area contributed by atoms with Crippen LogP contribution in [-0.2, 0) is 6.18 Å². The predicted molar refractivity (Wildman–Crippen MR) is 147 cm³/mol. The van der Waals surface area contributed by atoms with E-state index in [1.807, 2.05) is 19.0 Å². The monoisotopic (exact) mass is 562 g/mol. The largest absolute Gasteiger partial charge is 0.418 e. The van der Waals surface area contributed by atoms with E-state index >= 15 is 0 Å². The van der Waals surface area contributed by atoms with Crippen molar-refractivity contribution in [2.75, 3.05) is 27.2 Å². The van der Waals surface area contributed by atoms with E-state index in [9.17, 15) is 18.0 Å². The summed E-state index contributed by atoms with van der Waals surface area (Å²) in [5.74, 6) is -0.200. The van der Waals surface area contributed by atoms with Crippen molar-refractivity contribution in [3.8, 4) is 28.2 Å². The Hall–Kier alpha value is -3.33. The van der Waals surface area contributed by atoms with Crippen molar-refractivity contribution in [1.29, 1.82) is 0 Å². The molecule has 0 aliphatic carbocycles. The van der Waals surface area contributed by atoms with Gasteiger partial charge in [-0.15, -0.1) is 12.4 Å². The molecule has 5 nitrogen and oxygen atoms in total. The Kier molecular flexibility index (Phi) is 9.60. The Morgan fingerprint density at radius 1 is 0.947 bits per heavy atom. The summed E-state index contributed by atoms with van der Waals surface area (Å²) in [6.07, 6.45) is -1.42. The molecule has 0 atom stereocenters. The number of hydrogen-bond donors (Lipinski definition) is 1. The number of hydrogen-bond acceptors (Lipinski definition) is 3. The number of rotatable bonds is 8. The number of pyridine rings is 1. The molecule has 0 fully saturated rings. The second kappa shape index (κ2) is 12.5. The number of carbonyl (C=O) groups excluding carboxylic acids is 1. The van der Waals surface area contributed by atoms with E-state index in [0.29, 0.717) is 39.6 Å². The summed E-state index contributed by atoms with van der Waals surface area (Å²) in [5.41, 5.74) is 2.01. The molecule has 200 valence electrons. The average Bonchev–Trinajstić information content (AvgIpc) is 3.31. The second-order valence-corrected chi connectivity index (χ2v) is 9.26. The number of halogens is 5. The highest BCUT2D eigenvalue weighted by Gasteiger charge is 2.35. The van der Waals surface area contributed by atoms with Gasteiger partial charge in [-0.2, -0.15) is 13.2 Å². The van der Waals surface area contributed by atoms with Crippen LogP contribution >= 0.6 is 24.0 Å². The minimum atomic E-state index is -4.58. The van der Waals surface area contributed by atoms with Crippen LogP contribution in [0.4, 0.5) is 13.2 Å². The van der Waals surface area contributed by atoms with Crippen molar-refractivity contribution in [2.24, 2.45) is 0 Å². The van der Waals surface area contributed by atoms with Crippen molar-refractivity contribution < 1.29 is 18.0 Å². The maximum absolute atomic E-state index is 14.0. The zero-order valence-corrected chi connectivity index (χ0v) is 22.4. The molecule has 0 aliphatic rings. The maximum atomic E-state index is 14.0. The van der Waals surface area contributed by atoms with Crippen molar-refractivity contribution >= 4 is 29.9 Å². The van der Waals surface area contributed by atoms with Gasteiger partial charge < -0.3 is 14.8 Å². The number of amides is 1. The summed E-state index contributed by atoms with van der Waals surface area (Å²) in [5, 5.41) is 3.41. The molecule has 2 aromatic heterocycles. The van der Waals surface area contributed by atoms with Gasteiger partial charge in [0.15, 0.2) is 0 Å². The molecule has 0 saturated heterocycles. The Labute approximate surface area is 230 Å². The first-order valence-corrected chi connectivity index (χ1v) is 12.1. The van der Waals surface area contributed by atoms with Crippen molar-refractivity contribution in [2.45, 2.75) is 12.6 Å². The van der Waals surface area contributed by atoms with Crippen LogP contribution in [0.25, 0.3) is 28.2 Å². The molecule has 2 heterocycles. The van der Waals surface area contributed by atoms with Crippen LogP contribution in [-0.4, -0.2) is 47.5 Å². The molecule has 4 rings (SSSR count). The van der Waals surface area contributed by atoms with Gasteiger partial charge in [0.2, 0.25) is 0 Å². The lowest BCUT2D eigenvalue weighted by Gasteiger charge is -2.19. The third-order valence-corrected chi connectivity index (χ3v) is 6.13. The highest BCUT2D eigenvalue weighted by atomic mass is 35.5. The summed E-state index contributed by atoms with van der Waals surface area (Å²) in [6.45, 7) is 1.41. The first kappa shape index (κ1) is 29.2. The van der Waals surface area contributed by atoms with Crippen LogP contribution in [0.2, 0.25) is 5.02 Å². The lowest BCUT2D eigenvalue weighted by molar-refractivity contribution is -0.137. The molecule has 0 spiro atoms. The van der Waals surface area contributed by atoms with E-state index in [1.165, 1.54) is 10.8 Å². The molecule has 0 radical (unpaired) electrons. The molecule has 4 aromatic rings. The van der Waals surface area contributed by atoms with Gasteiger partial charge in [0.05, 0.1) is 28.8 Å². The molecular weight excluding hydrogens is 536 g/mol. The molecular formula is C28H27Cl2F3N4O. The van der Waals surface area contributed by atoms with Crippen molar-refractivity contribution in [3.63, 3.8) is 0 Å². The summed E-state index contributed by atoms with van der Waals surface area (Å²) in [7, 11) is 3.94. The number of alkyl halides is 3. The topological polar surface area (TPSA) is 50.2 Å². The number of benzene rings is 2. The first-order valence-electron chi connectivity index (χ1n) is 11.7. The average molecular weight is 563 g/mol. The zero-order chi connectivity index (χ0) is 26.6. The van der Waals surface area contributed by atoms with Crippen LogP contribution in [0, 0.1) is 0 Å².